The fourth-order valence-electron chi connectivity index (χ4n) is 2.81. The lowest BCUT2D eigenvalue weighted by Gasteiger charge is -2.27. The topological polar surface area (TPSA) is 44.4 Å². The molecule has 0 aliphatic carbocycles. The fraction of sp³-hybridized carbons (Fsp3) is 0.389. The van der Waals surface area contributed by atoms with Gasteiger partial charge in [-0.25, -0.2) is 0 Å². The van der Waals surface area contributed by atoms with Gasteiger partial charge in [-0.1, -0.05) is 35.9 Å². The molecule has 2 N–H and O–H groups in total. The van der Waals surface area contributed by atoms with E-state index < -0.39 is 0 Å². The molecular formula is C18H23N3OS. The van der Waals surface area contributed by atoms with Gasteiger partial charge in [0, 0.05) is 31.1 Å². The predicted molar refractivity (Wildman–Crippen MR) is 94.8 cm³/mol. The SMILES string of the molecule is Cc1ccc(C(NC(=O)CN2CCNCC2)c2cccs2)cc1. The second kappa shape index (κ2) is 7.73. The third-order valence-electron chi connectivity index (χ3n) is 4.12. The van der Waals surface area contributed by atoms with Crippen LogP contribution in [0.4, 0.5) is 0 Å². The van der Waals surface area contributed by atoms with Crippen molar-refractivity contribution >= 4 is 17.2 Å². The number of nitrogens with one attached hydrogen (secondary N) is 2. The molecule has 1 aromatic heterocycles. The molecule has 0 bridgehead atoms. The number of benzene rings is 1. The highest BCUT2D eigenvalue weighted by Gasteiger charge is 2.20. The highest BCUT2D eigenvalue weighted by molar-refractivity contribution is 7.10. The highest BCUT2D eigenvalue weighted by atomic mass is 32.1. The molecule has 0 radical (unpaired) electrons. The van der Waals surface area contributed by atoms with E-state index in [1.807, 2.05) is 6.07 Å². The molecule has 1 aliphatic rings. The molecule has 1 saturated heterocycles. The maximum atomic E-state index is 12.5. The van der Waals surface area contributed by atoms with Crippen LogP contribution in [0.15, 0.2) is 41.8 Å². The molecule has 0 saturated carbocycles. The molecule has 2 heterocycles. The molecule has 122 valence electrons. The molecule has 3 rings (SSSR count). The van der Waals surface area contributed by atoms with E-state index >= 15 is 0 Å². The molecule has 0 spiro atoms. The van der Waals surface area contributed by atoms with Crippen LogP contribution in [0.1, 0.15) is 22.0 Å². The molecular weight excluding hydrogens is 306 g/mol. The van der Waals surface area contributed by atoms with Crippen molar-refractivity contribution in [1.82, 2.24) is 15.5 Å². The standard InChI is InChI=1S/C18H23N3OS/c1-14-4-6-15(7-5-14)18(16-3-2-12-23-16)20-17(22)13-21-10-8-19-9-11-21/h2-7,12,18-19H,8-11,13H2,1H3,(H,20,22). The first-order chi connectivity index (χ1) is 11.2. The largest absolute Gasteiger partial charge is 0.343 e. The van der Waals surface area contributed by atoms with Gasteiger partial charge in [-0.2, -0.15) is 0 Å². The summed E-state index contributed by atoms with van der Waals surface area (Å²) in [5.74, 6) is 0.0888. The molecule has 1 unspecified atom stereocenters. The van der Waals surface area contributed by atoms with Gasteiger partial charge in [0.1, 0.15) is 0 Å². The Hall–Kier alpha value is -1.69. The first kappa shape index (κ1) is 16.2. The van der Waals surface area contributed by atoms with Crippen molar-refractivity contribution in [3.63, 3.8) is 0 Å². The summed E-state index contributed by atoms with van der Waals surface area (Å²) in [5, 5.41) is 8.58. The van der Waals surface area contributed by atoms with Gasteiger partial charge in [0.15, 0.2) is 0 Å². The Kier molecular flexibility index (Phi) is 5.43. The van der Waals surface area contributed by atoms with Crippen molar-refractivity contribution in [3.05, 3.63) is 57.8 Å². The van der Waals surface area contributed by atoms with Crippen LogP contribution < -0.4 is 10.6 Å². The summed E-state index contributed by atoms with van der Waals surface area (Å²) in [6, 6.07) is 12.4. The first-order valence-electron chi connectivity index (χ1n) is 8.05. The molecule has 1 atom stereocenters. The number of thiophene rings is 1. The van der Waals surface area contributed by atoms with E-state index in [1.165, 1.54) is 10.4 Å². The fourth-order valence-corrected chi connectivity index (χ4v) is 3.61. The molecule has 2 aromatic rings. The molecule has 4 nitrogen and oxygen atoms in total. The molecule has 1 amide bonds. The van der Waals surface area contributed by atoms with E-state index in [2.05, 4.69) is 58.2 Å². The van der Waals surface area contributed by atoms with E-state index in [0.29, 0.717) is 6.54 Å². The Morgan fingerprint density at radius 1 is 1.26 bits per heavy atom. The minimum absolute atomic E-state index is 0.0639. The lowest BCUT2D eigenvalue weighted by molar-refractivity contribution is -0.122. The Bertz CT molecular complexity index is 618. The van der Waals surface area contributed by atoms with Crippen molar-refractivity contribution in [2.75, 3.05) is 32.7 Å². The van der Waals surface area contributed by atoms with Gasteiger partial charge in [0.2, 0.25) is 5.91 Å². The summed E-state index contributed by atoms with van der Waals surface area (Å²) in [6.07, 6.45) is 0. The van der Waals surface area contributed by atoms with Crippen LogP contribution in [0.25, 0.3) is 0 Å². The molecule has 1 aromatic carbocycles. The summed E-state index contributed by atoms with van der Waals surface area (Å²) in [7, 11) is 0. The molecule has 1 fully saturated rings. The maximum Gasteiger partial charge on any atom is 0.234 e. The van der Waals surface area contributed by atoms with E-state index in [0.717, 1.165) is 31.7 Å². The molecule has 5 heteroatoms. The first-order valence-corrected chi connectivity index (χ1v) is 8.93. The number of piperazine rings is 1. The van der Waals surface area contributed by atoms with Crippen LogP contribution in [0.3, 0.4) is 0 Å². The summed E-state index contributed by atoms with van der Waals surface area (Å²) in [5.41, 5.74) is 2.36. The van der Waals surface area contributed by atoms with Crippen LogP contribution >= 0.6 is 11.3 Å². The average molecular weight is 329 g/mol. The number of carbonyl (C=O) groups excluding carboxylic acids is 1. The average Bonchev–Trinajstić information content (AvgIpc) is 3.09. The third-order valence-corrected chi connectivity index (χ3v) is 5.06. The van der Waals surface area contributed by atoms with Gasteiger partial charge in [-0.15, -0.1) is 11.3 Å². The lowest BCUT2D eigenvalue weighted by atomic mass is 10.0. The third kappa shape index (κ3) is 4.41. The Morgan fingerprint density at radius 2 is 2.00 bits per heavy atom. The number of amides is 1. The molecule has 1 aliphatic heterocycles. The van der Waals surface area contributed by atoms with Crippen LogP contribution in [0, 0.1) is 6.92 Å². The summed E-state index contributed by atoms with van der Waals surface area (Å²) in [4.78, 5) is 15.9. The number of rotatable bonds is 5. The van der Waals surface area contributed by atoms with Gasteiger partial charge < -0.3 is 10.6 Å². The number of hydrogen-bond acceptors (Lipinski definition) is 4. The van der Waals surface area contributed by atoms with Crippen molar-refractivity contribution in [3.8, 4) is 0 Å². The van der Waals surface area contributed by atoms with Gasteiger partial charge >= 0.3 is 0 Å². The van der Waals surface area contributed by atoms with Crippen LogP contribution in [-0.2, 0) is 4.79 Å². The normalized spacial score (nSPS) is 16.9. The zero-order valence-electron chi connectivity index (χ0n) is 13.4. The van der Waals surface area contributed by atoms with Crippen molar-refractivity contribution < 1.29 is 4.79 Å². The van der Waals surface area contributed by atoms with Crippen molar-refractivity contribution in [1.29, 1.82) is 0 Å². The Labute approximate surface area is 141 Å². The van der Waals surface area contributed by atoms with Gasteiger partial charge in [-0.3, -0.25) is 9.69 Å². The van der Waals surface area contributed by atoms with Crippen LogP contribution in [0.5, 0.6) is 0 Å². The van der Waals surface area contributed by atoms with E-state index in [1.54, 1.807) is 11.3 Å². The van der Waals surface area contributed by atoms with Crippen molar-refractivity contribution in [2.24, 2.45) is 0 Å². The van der Waals surface area contributed by atoms with Gasteiger partial charge in [0.25, 0.3) is 0 Å². The second-order valence-electron chi connectivity index (χ2n) is 5.95. The predicted octanol–water partition coefficient (Wildman–Crippen LogP) is 2.17. The Morgan fingerprint density at radius 3 is 2.65 bits per heavy atom. The zero-order chi connectivity index (χ0) is 16.1. The minimum Gasteiger partial charge on any atom is -0.343 e. The second-order valence-corrected chi connectivity index (χ2v) is 6.93. The number of nitrogens with zero attached hydrogens (tertiary/aromatic N) is 1. The summed E-state index contributed by atoms with van der Waals surface area (Å²) < 4.78 is 0. The quantitative estimate of drug-likeness (QED) is 0.884. The van der Waals surface area contributed by atoms with Gasteiger partial charge in [0.05, 0.1) is 12.6 Å². The lowest BCUT2D eigenvalue weighted by Crippen LogP contribution is -2.48. The summed E-state index contributed by atoms with van der Waals surface area (Å²) >= 11 is 1.68. The van der Waals surface area contributed by atoms with E-state index in [-0.39, 0.29) is 11.9 Å². The number of carbonyl (C=O) groups is 1. The van der Waals surface area contributed by atoms with E-state index in [9.17, 15) is 4.79 Å². The summed E-state index contributed by atoms with van der Waals surface area (Å²) in [6.45, 7) is 6.32. The molecule has 23 heavy (non-hydrogen) atoms. The highest BCUT2D eigenvalue weighted by Crippen LogP contribution is 2.26. The van der Waals surface area contributed by atoms with Crippen LogP contribution in [-0.4, -0.2) is 43.5 Å². The zero-order valence-corrected chi connectivity index (χ0v) is 14.2. The Balaban J connectivity index is 1.71. The monoisotopic (exact) mass is 329 g/mol. The van der Waals surface area contributed by atoms with Crippen LogP contribution in [0.2, 0.25) is 0 Å². The maximum absolute atomic E-state index is 12.5. The number of aryl methyl sites for hydroxylation is 1. The van der Waals surface area contributed by atoms with Gasteiger partial charge in [-0.05, 0) is 23.9 Å². The van der Waals surface area contributed by atoms with Crippen molar-refractivity contribution in [2.45, 2.75) is 13.0 Å². The minimum atomic E-state index is -0.0639. The smallest absolute Gasteiger partial charge is 0.234 e. The number of hydrogen-bond donors (Lipinski definition) is 2. The van der Waals surface area contributed by atoms with E-state index in [4.69, 9.17) is 0 Å².